The minimum atomic E-state index is -0.0393. The Bertz CT molecular complexity index is 512. The maximum atomic E-state index is 12.0. The lowest BCUT2D eigenvalue weighted by Crippen LogP contribution is -2.33. The second-order valence-corrected chi connectivity index (χ2v) is 6.37. The van der Waals surface area contributed by atoms with E-state index in [-0.39, 0.29) is 11.9 Å². The average Bonchev–Trinajstić information content (AvgIpc) is 2.90. The predicted molar refractivity (Wildman–Crippen MR) is 78.4 cm³/mol. The van der Waals surface area contributed by atoms with E-state index >= 15 is 0 Å². The zero-order valence-corrected chi connectivity index (χ0v) is 12.0. The topological polar surface area (TPSA) is 55.1 Å². The lowest BCUT2D eigenvalue weighted by atomic mass is 10.1. The van der Waals surface area contributed by atoms with Crippen molar-refractivity contribution in [1.29, 1.82) is 0 Å². The summed E-state index contributed by atoms with van der Waals surface area (Å²) in [4.78, 5) is 13.7. The van der Waals surface area contributed by atoms with Crippen LogP contribution in [0.25, 0.3) is 0 Å². The van der Waals surface area contributed by atoms with E-state index in [0.29, 0.717) is 10.6 Å². The first kappa shape index (κ1) is 13.1. The highest BCUT2D eigenvalue weighted by Gasteiger charge is 2.13. The van der Waals surface area contributed by atoms with Crippen LogP contribution in [0, 0.1) is 6.92 Å². The van der Waals surface area contributed by atoms with Gasteiger partial charge >= 0.3 is 0 Å². The molecule has 1 atom stereocenters. The summed E-state index contributed by atoms with van der Waals surface area (Å²) in [5.41, 5.74) is 7.70. The van der Waals surface area contributed by atoms with Crippen molar-refractivity contribution < 1.29 is 4.79 Å². The summed E-state index contributed by atoms with van der Waals surface area (Å²) in [6.07, 6.45) is 0.856. The van der Waals surface area contributed by atoms with Crippen LogP contribution in [0.4, 0.5) is 5.69 Å². The van der Waals surface area contributed by atoms with Crippen LogP contribution >= 0.6 is 22.7 Å². The molecule has 2 aromatic heterocycles. The SMILES string of the molecule is Cc1sc(C(=O)NC(C)Cc2ccsc2)cc1N. The Kier molecular flexibility index (Phi) is 4.04. The number of aryl methyl sites for hydroxylation is 1. The van der Waals surface area contributed by atoms with Gasteiger partial charge in [0.25, 0.3) is 5.91 Å². The van der Waals surface area contributed by atoms with E-state index in [9.17, 15) is 4.79 Å². The summed E-state index contributed by atoms with van der Waals surface area (Å²) in [5, 5.41) is 7.15. The Balaban J connectivity index is 1.94. The molecule has 0 aliphatic rings. The van der Waals surface area contributed by atoms with Crippen molar-refractivity contribution in [1.82, 2.24) is 5.32 Å². The first-order chi connectivity index (χ1) is 8.56. The largest absolute Gasteiger partial charge is 0.398 e. The van der Waals surface area contributed by atoms with Crippen molar-refractivity contribution >= 4 is 34.3 Å². The normalized spacial score (nSPS) is 12.3. The first-order valence-electron chi connectivity index (χ1n) is 5.74. The molecule has 0 saturated heterocycles. The predicted octanol–water partition coefficient (Wildman–Crippen LogP) is 3.06. The second kappa shape index (κ2) is 5.54. The van der Waals surface area contributed by atoms with Gasteiger partial charge in [0.05, 0.1) is 4.88 Å². The van der Waals surface area contributed by atoms with E-state index in [1.807, 2.05) is 19.2 Å². The summed E-state index contributed by atoms with van der Waals surface area (Å²) in [5.74, 6) is -0.0393. The van der Waals surface area contributed by atoms with Crippen LogP contribution in [-0.2, 0) is 6.42 Å². The number of nitrogen functional groups attached to an aromatic ring is 1. The van der Waals surface area contributed by atoms with E-state index in [1.165, 1.54) is 16.9 Å². The molecular weight excluding hydrogens is 264 g/mol. The average molecular weight is 280 g/mol. The molecule has 0 saturated carbocycles. The molecule has 3 N–H and O–H groups in total. The van der Waals surface area contributed by atoms with Crippen LogP contribution in [0.2, 0.25) is 0 Å². The van der Waals surface area contributed by atoms with Crippen molar-refractivity contribution in [3.63, 3.8) is 0 Å². The molecule has 18 heavy (non-hydrogen) atoms. The van der Waals surface area contributed by atoms with Gasteiger partial charge in [0.2, 0.25) is 0 Å². The Labute approximate surface area is 115 Å². The number of rotatable bonds is 4. The standard InChI is InChI=1S/C13H16N2OS2/c1-8(5-10-3-4-17-7-10)15-13(16)12-6-11(14)9(2)18-12/h3-4,6-8H,5,14H2,1-2H3,(H,15,16). The van der Waals surface area contributed by atoms with Gasteiger partial charge in [-0.05, 0) is 48.7 Å². The van der Waals surface area contributed by atoms with Gasteiger partial charge in [0.1, 0.15) is 0 Å². The fourth-order valence-corrected chi connectivity index (χ4v) is 3.24. The molecule has 1 unspecified atom stereocenters. The molecule has 1 amide bonds. The molecule has 0 fully saturated rings. The third-order valence-corrected chi connectivity index (χ3v) is 4.48. The van der Waals surface area contributed by atoms with Crippen LogP contribution in [0.5, 0.6) is 0 Å². The van der Waals surface area contributed by atoms with Gasteiger partial charge in [0.15, 0.2) is 0 Å². The number of hydrogen-bond donors (Lipinski definition) is 2. The van der Waals surface area contributed by atoms with E-state index in [2.05, 4.69) is 16.8 Å². The van der Waals surface area contributed by atoms with Gasteiger partial charge in [-0.2, -0.15) is 11.3 Å². The molecule has 5 heteroatoms. The van der Waals surface area contributed by atoms with Crippen molar-refractivity contribution in [3.8, 4) is 0 Å². The van der Waals surface area contributed by atoms with Crippen LogP contribution in [0.1, 0.15) is 27.0 Å². The lowest BCUT2D eigenvalue weighted by Gasteiger charge is -2.12. The number of thiophene rings is 2. The summed E-state index contributed by atoms with van der Waals surface area (Å²) in [6, 6.07) is 3.95. The number of carbonyl (C=O) groups is 1. The highest BCUT2D eigenvalue weighted by Crippen LogP contribution is 2.23. The van der Waals surface area contributed by atoms with Crippen LogP contribution in [0.3, 0.4) is 0 Å². The van der Waals surface area contributed by atoms with Gasteiger partial charge in [-0.15, -0.1) is 11.3 Å². The molecule has 2 heterocycles. The Morgan fingerprint density at radius 3 is 2.89 bits per heavy atom. The smallest absolute Gasteiger partial charge is 0.261 e. The molecule has 0 bridgehead atoms. The number of nitrogens with one attached hydrogen (secondary N) is 1. The Hall–Kier alpha value is -1.33. The molecule has 0 spiro atoms. The third-order valence-electron chi connectivity index (χ3n) is 2.68. The van der Waals surface area contributed by atoms with E-state index in [4.69, 9.17) is 5.73 Å². The van der Waals surface area contributed by atoms with Gasteiger partial charge in [-0.3, -0.25) is 4.79 Å². The van der Waals surface area contributed by atoms with Crippen molar-refractivity contribution in [2.75, 3.05) is 5.73 Å². The van der Waals surface area contributed by atoms with E-state index in [1.54, 1.807) is 17.4 Å². The van der Waals surface area contributed by atoms with Crippen molar-refractivity contribution in [2.45, 2.75) is 26.3 Å². The number of carbonyl (C=O) groups excluding carboxylic acids is 1. The Morgan fingerprint density at radius 1 is 1.56 bits per heavy atom. The fourth-order valence-electron chi connectivity index (χ4n) is 1.72. The summed E-state index contributed by atoms with van der Waals surface area (Å²) in [6.45, 7) is 3.94. The van der Waals surface area contributed by atoms with Gasteiger partial charge in [-0.1, -0.05) is 0 Å². The summed E-state index contributed by atoms with van der Waals surface area (Å²) < 4.78 is 0. The zero-order chi connectivity index (χ0) is 13.1. The lowest BCUT2D eigenvalue weighted by molar-refractivity contribution is 0.0944. The van der Waals surface area contributed by atoms with Gasteiger partial charge < -0.3 is 11.1 Å². The molecule has 0 radical (unpaired) electrons. The number of amides is 1. The highest BCUT2D eigenvalue weighted by molar-refractivity contribution is 7.14. The molecule has 2 aromatic rings. The van der Waals surface area contributed by atoms with E-state index in [0.717, 1.165) is 11.3 Å². The third kappa shape index (κ3) is 3.11. The molecule has 2 rings (SSSR count). The fraction of sp³-hybridized carbons (Fsp3) is 0.308. The van der Waals surface area contributed by atoms with Crippen LogP contribution < -0.4 is 11.1 Å². The molecular formula is C13H16N2OS2. The maximum Gasteiger partial charge on any atom is 0.261 e. The molecule has 0 aliphatic carbocycles. The van der Waals surface area contributed by atoms with Crippen molar-refractivity contribution in [2.24, 2.45) is 0 Å². The Morgan fingerprint density at radius 2 is 2.33 bits per heavy atom. The number of anilines is 1. The second-order valence-electron chi connectivity index (χ2n) is 4.33. The molecule has 96 valence electrons. The van der Waals surface area contributed by atoms with Gasteiger partial charge in [0, 0.05) is 16.6 Å². The highest BCUT2D eigenvalue weighted by atomic mass is 32.1. The van der Waals surface area contributed by atoms with E-state index < -0.39 is 0 Å². The quantitative estimate of drug-likeness (QED) is 0.904. The maximum absolute atomic E-state index is 12.0. The number of nitrogens with two attached hydrogens (primary N) is 1. The zero-order valence-electron chi connectivity index (χ0n) is 10.4. The minimum absolute atomic E-state index is 0.0393. The monoisotopic (exact) mass is 280 g/mol. The van der Waals surface area contributed by atoms with Crippen molar-refractivity contribution in [3.05, 3.63) is 38.2 Å². The molecule has 0 aliphatic heterocycles. The van der Waals surface area contributed by atoms with Crippen LogP contribution in [-0.4, -0.2) is 11.9 Å². The summed E-state index contributed by atoms with van der Waals surface area (Å²) >= 11 is 3.11. The summed E-state index contributed by atoms with van der Waals surface area (Å²) in [7, 11) is 0. The van der Waals surface area contributed by atoms with Gasteiger partial charge in [-0.25, -0.2) is 0 Å². The van der Waals surface area contributed by atoms with Crippen LogP contribution in [0.15, 0.2) is 22.9 Å². The first-order valence-corrected chi connectivity index (χ1v) is 7.50. The molecule has 3 nitrogen and oxygen atoms in total. The molecule has 0 aromatic carbocycles. The number of hydrogen-bond acceptors (Lipinski definition) is 4. The minimum Gasteiger partial charge on any atom is -0.398 e.